The molecule has 4 aromatic carbocycles. The van der Waals surface area contributed by atoms with Crippen molar-refractivity contribution in [2.75, 3.05) is 0 Å². The second kappa shape index (κ2) is 9.32. The highest BCUT2D eigenvalue weighted by Gasteiger charge is 2.03. The summed E-state index contributed by atoms with van der Waals surface area (Å²) in [5.41, 5.74) is 3.62. The van der Waals surface area contributed by atoms with E-state index in [0.29, 0.717) is 5.92 Å². The number of ether oxygens (including phenoxy) is 2. The Morgan fingerprint density at radius 2 is 0.900 bits per heavy atom. The van der Waals surface area contributed by atoms with E-state index in [1.807, 2.05) is 66.7 Å². The van der Waals surface area contributed by atoms with Gasteiger partial charge in [0.1, 0.15) is 23.0 Å². The third kappa shape index (κ3) is 5.30. The Morgan fingerprint density at radius 3 is 1.33 bits per heavy atom. The molecule has 0 aliphatic rings. The lowest BCUT2D eigenvalue weighted by molar-refractivity contribution is 0.482. The molecule has 2 heteroatoms. The van der Waals surface area contributed by atoms with E-state index >= 15 is 0 Å². The van der Waals surface area contributed by atoms with Crippen molar-refractivity contribution in [2.24, 2.45) is 5.92 Å². The van der Waals surface area contributed by atoms with Gasteiger partial charge in [0.2, 0.25) is 0 Å². The minimum absolute atomic E-state index is 0.656. The van der Waals surface area contributed by atoms with E-state index in [4.69, 9.17) is 9.47 Å². The summed E-state index contributed by atoms with van der Waals surface area (Å²) in [4.78, 5) is 0. The number of hydrogen-bond donors (Lipinski definition) is 0. The Bertz CT molecular complexity index is 1050. The van der Waals surface area contributed by atoms with Gasteiger partial charge in [0.25, 0.3) is 0 Å². The summed E-state index contributed by atoms with van der Waals surface area (Å²) in [6, 6.07) is 34.5. The maximum Gasteiger partial charge on any atom is 0.127 e. The lowest BCUT2D eigenvalue weighted by Gasteiger charge is -2.10. The zero-order chi connectivity index (χ0) is 20.8. The highest BCUT2D eigenvalue weighted by molar-refractivity contribution is 5.65. The Labute approximate surface area is 178 Å². The van der Waals surface area contributed by atoms with E-state index in [1.165, 1.54) is 5.56 Å². The van der Waals surface area contributed by atoms with Crippen LogP contribution in [0.3, 0.4) is 0 Å². The van der Waals surface area contributed by atoms with Gasteiger partial charge >= 0.3 is 0 Å². The van der Waals surface area contributed by atoms with E-state index < -0.39 is 0 Å². The normalized spacial score (nSPS) is 10.8. The summed E-state index contributed by atoms with van der Waals surface area (Å²) >= 11 is 0. The van der Waals surface area contributed by atoms with Crippen LogP contribution in [0.1, 0.15) is 19.4 Å². The molecule has 0 radical (unpaired) electrons. The van der Waals surface area contributed by atoms with Crippen molar-refractivity contribution in [1.29, 1.82) is 0 Å². The molecule has 0 spiro atoms. The van der Waals surface area contributed by atoms with Gasteiger partial charge in [0, 0.05) is 0 Å². The lowest BCUT2D eigenvalue weighted by Crippen LogP contribution is -1.93. The van der Waals surface area contributed by atoms with Gasteiger partial charge < -0.3 is 9.47 Å². The molecule has 150 valence electrons. The molecule has 0 saturated carbocycles. The fraction of sp³-hybridized carbons (Fsp3) is 0.143. The third-order valence-corrected chi connectivity index (χ3v) is 4.82. The van der Waals surface area contributed by atoms with E-state index in [0.717, 1.165) is 40.5 Å². The van der Waals surface area contributed by atoms with Crippen LogP contribution in [0.5, 0.6) is 23.0 Å². The van der Waals surface area contributed by atoms with Gasteiger partial charge in [-0.25, -0.2) is 0 Å². The predicted molar refractivity (Wildman–Crippen MR) is 123 cm³/mol. The van der Waals surface area contributed by atoms with E-state index in [2.05, 4.69) is 50.2 Å². The average molecular weight is 395 g/mol. The maximum absolute atomic E-state index is 5.99. The molecule has 0 fully saturated rings. The van der Waals surface area contributed by atoms with Crippen LogP contribution in [0.4, 0.5) is 0 Å². The SMILES string of the molecule is CC(C)Cc1ccc(Oc2ccc(-c3ccc(Oc4ccccc4)cc3)cc2)cc1. The number of benzene rings is 4. The molecule has 0 aliphatic heterocycles. The summed E-state index contributed by atoms with van der Waals surface area (Å²) in [7, 11) is 0. The first-order chi connectivity index (χ1) is 14.7. The fourth-order valence-corrected chi connectivity index (χ4v) is 3.36. The van der Waals surface area contributed by atoms with E-state index in [9.17, 15) is 0 Å². The number of rotatable bonds is 7. The van der Waals surface area contributed by atoms with E-state index in [1.54, 1.807) is 0 Å². The molecule has 0 atom stereocenters. The summed E-state index contributed by atoms with van der Waals surface area (Å²) in [5.74, 6) is 4.01. The van der Waals surface area contributed by atoms with Gasteiger partial charge in [0.05, 0.1) is 0 Å². The minimum Gasteiger partial charge on any atom is -0.457 e. The van der Waals surface area contributed by atoms with Crippen molar-refractivity contribution in [3.8, 4) is 34.1 Å². The largest absolute Gasteiger partial charge is 0.457 e. The van der Waals surface area contributed by atoms with Crippen molar-refractivity contribution in [3.05, 3.63) is 109 Å². The Kier molecular flexibility index (Phi) is 6.14. The van der Waals surface area contributed by atoms with Crippen LogP contribution in [0.2, 0.25) is 0 Å². The molecule has 30 heavy (non-hydrogen) atoms. The summed E-state index contributed by atoms with van der Waals surface area (Å²) in [5, 5.41) is 0. The van der Waals surface area contributed by atoms with Crippen LogP contribution >= 0.6 is 0 Å². The van der Waals surface area contributed by atoms with Gasteiger partial charge in [0.15, 0.2) is 0 Å². The molecule has 0 heterocycles. The predicted octanol–water partition coefficient (Wildman–Crippen LogP) is 8.14. The van der Waals surface area contributed by atoms with Crippen LogP contribution in [0.15, 0.2) is 103 Å². The standard InChI is InChI=1S/C28H26O2/c1-21(2)20-22-8-14-26(15-9-22)30-28-18-12-24(13-19-28)23-10-16-27(17-11-23)29-25-6-4-3-5-7-25/h3-19,21H,20H2,1-2H3. The Morgan fingerprint density at radius 1 is 0.500 bits per heavy atom. The fourth-order valence-electron chi connectivity index (χ4n) is 3.36. The number of hydrogen-bond acceptors (Lipinski definition) is 2. The van der Waals surface area contributed by atoms with Gasteiger partial charge in [-0.2, -0.15) is 0 Å². The molecular formula is C28H26O2. The topological polar surface area (TPSA) is 18.5 Å². The second-order valence-electron chi connectivity index (χ2n) is 7.81. The zero-order valence-corrected chi connectivity index (χ0v) is 17.4. The molecule has 0 amide bonds. The van der Waals surface area contributed by atoms with Crippen LogP contribution in [0, 0.1) is 5.92 Å². The molecule has 2 nitrogen and oxygen atoms in total. The maximum atomic E-state index is 5.99. The third-order valence-electron chi connectivity index (χ3n) is 4.82. The van der Waals surface area contributed by atoms with Gasteiger partial charge in [-0.1, -0.05) is 68.4 Å². The van der Waals surface area contributed by atoms with Gasteiger partial charge in [-0.05, 0) is 77.6 Å². The zero-order valence-electron chi connectivity index (χ0n) is 17.4. The van der Waals surface area contributed by atoms with Gasteiger partial charge in [-0.3, -0.25) is 0 Å². The first-order valence-corrected chi connectivity index (χ1v) is 10.4. The molecular weight excluding hydrogens is 368 g/mol. The first kappa shape index (κ1) is 19.8. The molecule has 0 N–H and O–H groups in total. The molecule has 0 aliphatic carbocycles. The first-order valence-electron chi connectivity index (χ1n) is 10.4. The molecule has 0 saturated heterocycles. The van der Waals surface area contributed by atoms with Gasteiger partial charge in [-0.15, -0.1) is 0 Å². The monoisotopic (exact) mass is 394 g/mol. The smallest absolute Gasteiger partial charge is 0.127 e. The van der Waals surface area contributed by atoms with Crippen molar-refractivity contribution in [2.45, 2.75) is 20.3 Å². The number of para-hydroxylation sites is 1. The van der Waals surface area contributed by atoms with Crippen molar-refractivity contribution >= 4 is 0 Å². The molecule has 0 aromatic heterocycles. The average Bonchev–Trinajstić information content (AvgIpc) is 2.77. The van der Waals surface area contributed by atoms with Crippen LogP contribution in [0.25, 0.3) is 11.1 Å². The van der Waals surface area contributed by atoms with Crippen molar-refractivity contribution in [3.63, 3.8) is 0 Å². The Hall–Kier alpha value is -3.52. The minimum atomic E-state index is 0.656. The summed E-state index contributed by atoms with van der Waals surface area (Å²) < 4.78 is 11.9. The summed E-state index contributed by atoms with van der Waals surface area (Å²) in [6.07, 6.45) is 1.09. The van der Waals surface area contributed by atoms with Crippen molar-refractivity contribution < 1.29 is 9.47 Å². The Balaban J connectivity index is 1.39. The van der Waals surface area contributed by atoms with Crippen LogP contribution in [-0.2, 0) is 6.42 Å². The van der Waals surface area contributed by atoms with Crippen LogP contribution in [-0.4, -0.2) is 0 Å². The van der Waals surface area contributed by atoms with Crippen LogP contribution < -0.4 is 9.47 Å². The van der Waals surface area contributed by atoms with E-state index in [-0.39, 0.29) is 0 Å². The quantitative estimate of drug-likeness (QED) is 0.315. The lowest BCUT2D eigenvalue weighted by atomic mass is 10.0. The highest BCUT2D eigenvalue weighted by atomic mass is 16.5. The van der Waals surface area contributed by atoms with Crippen molar-refractivity contribution in [1.82, 2.24) is 0 Å². The molecule has 0 unspecified atom stereocenters. The molecule has 4 rings (SSSR count). The molecule has 0 bridgehead atoms. The second-order valence-corrected chi connectivity index (χ2v) is 7.81. The summed E-state index contributed by atoms with van der Waals surface area (Å²) in [6.45, 7) is 4.46. The molecule has 4 aromatic rings. The highest BCUT2D eigenvalue weighted by Crippen LogP contribution is 2.28.